The summed E-state index contributed by atoms with van der Waals surface area (Å²) in [6, 6.07) is 11.6. The summed E-state index contributed by atoms with van der Waals surface area (Å²) < 4.78 is 11.8. The van der Waals surface area contributed by atoms with Crippen LogP contribution in [0.4, 0.5) is 0 Å². The number of hydrogen-bond acceptors (Lipinski definition) is 10. The van der Waals surface area contributed by atoms with Crippen molar-refractivity contribution in [3.05, 3.63) is 53.1 Å². The number of carbonyl (C=O) groups excluding carboxylic acids is 1. The number of phenols is 1. The van der Waals surface area contributed by atoms with Crippen LogP contribution in [-0.2, 0) is 10.5 Å². The fourth-order valence-corrected chi connectivity index (χ4v) is 5.24. The molecule has 0 atom stereocenters. The zero-order valence-corrected chi connectivity index (χ0v) is 20.1. The molecule has 0 unspecified atom stereocenters. The molecule has 0 saturated heterocycles. The van der Waals surface area contributed by atoms with Gasteiger partial charge in [-0.05, 0) is 24.6 Å². The molecule has 2 aromatic carbocycles. The van der Waals surface area contributed by atoms with Crippen LogP contribution in [0.1, 0.15) is 16.7 Å². The maximum Gasteiger partial charge on any atom is 0.250 e. The first kappa shape index (κ1) is 23.9. The van der Waals surface area contributed by atoms with Gasteiger partial charge in [-0.15, -0.1) is 10.2 Å². The molecule has 8 nitrogen and oxygen atoms in total. The Morgan fingerprint density at radius 3 is 2.38 bits per heavy atom. The Balaban J connectivity index is 1.45. The van der Waals surface area contributed by atoms with Crippen molar-refractivity contribution in [3.63, 3.8) is 0 Å². The predicted octanol–water partition coefficient (Wildman–Crippen LogP) is 4.10. The molecule has 3 aromatic rings. The summed E-state index contributed by atoms with van der Waals surface area (Å²) in [5, 5.41) is 22.2. The Labute approximate surface area is 198 Å². The molecule has 0 radical (unpaired) electrons. The first-order chi connectivity index (χ1) is 15.5. The zero-order valence-electron chi connectivity index (χ0n) is 17.7. The first-order valence-corrected chi connectivity index (χ1v) is 12.2. The van der Waals surface area contributed by atoms with Crippen LogP contribution in [0.15, 0.2) is 50.2 Å². The number of thioether (sulfide) groups is 2. The third kappa shape index (κ3) is 6.87. The minimum absolute atomic E-state index is 0.0963. The molecule has 0 aliphatic rings. The molecule has 0 saturated carbocycles. The van der Waals surface area contributed by atoms with E-state index in [2.05, 4.69) is 51.9 Å². The molecule has 1 amide bonds. The number of benzene rings is 2. The lowest BCUT2D eigenvalue weighted by Gasteiger charge is -2.09. The van der Waals surface area contributed by atoms with Crippen molar-refractivity contribution in [3.8, 4) is 17.2 Å². The van der Waals surface area contributed by atoms with Crippen LogP contribution in [0.25, 0.3) is 0 Å². The molecule has 3 rings (SSSR count). The lowest BCUT2D eigenvalue weighted by molar-refractivity contribution is -0.118. The highest BCUT2D eigenvalue weighted by Gasteiger charge is 2.11. The molecule has 168 valence electrons. The highest BCUT2D eigenvalue weighted by molar-refractivity contribution is 8.03. The maximum atomic E-state index is 12.1. The second-order valence-electron chi connectivity index (χ2n) is 6.46. The summed E-state index contributed by atoms with van der Waals surface area (Å²) in [6.45, 7) is 2.06. The lowest BCUT2D eigenvalue weighted by atomic mass is 10.2. The first-order valence-electron chi connectivity index (χ1n) is 9.40. The van der Waals surface area contributed by atoms with Gasteiger partial charge in [-0.25, -0.2) is 5.43 Å². The van der Waals surface area contributed by atoms with E-state index in [-0.39, 0.29) is 28.9 Å². The third-order valence-electron chi connectivity index (χ3n) is 4.10. The number of nitrogens with one attached hydrogen (secondary N) is 1. The van der Waals surface area contributed by atoms with Gasteiger partial charge in [0.2, 0.25) is 5.75 Å². The van der Waals surface area contributed by atoms with Crippen molar-refractivity contribution in [2.24, 2.45) is 5.10 Å². The molecule has 2 N–H and O–H groups in total. The number of aromatic nitrogens is 2. The van der Waals surface area contributed by atoms with Crippen molar-refractivity contribution >= 4 is 47.0 Å². The van der Waals surface area contributed by atoms with Gasteiger partial charge in [-0.2, -0.15) is 5.10 Å². The van der Waals surface area contributed by atoms with E-state index in [4.69, 9.17) is 9.47 Å². The van der Waals surface area contributed by atoms with E-state index in [1.165, 1.54) is 54.7 Å². The Bertz CT molecular complexity index is 1060. The number of nitrogens with zero attached hydrogens (tertiary/aromatic N) is 3. The molecule has 1 aromatic heterocycles. The number of aromatic hydroxyl groups is 1. The maximum absolute atomic E-state index is 12.1. The number of amides is 1. The molecule has 0 bridgehead atoms. The minimum Gasteiger partial charge on any atom is -0.502 e. The summed E-state index contributed by atoms with van der Waals surface area (Å²) in [5.41, 5.74) is 5.53. The van der Waals surface area contributed by atoms with Gasteiger partial charge in [0.05, 0.1) is 26.2 Å². The Morgan fingerprint density at radius 1 is 1.12 bits per heavy atom. The van der Waals surface area contributed by atoms with Gasteiger partial charge in [0.1, 0.15) is 0 Å². The van der Waals surface area contributed by atoms with Crippen molar-refractivity contribution in [2.45, 2.75) is 21.4 Å². The van der Waals surface area contributed by atoms with E-state index in [9.17, 15) is 9.90 Å². The second kappa shape index (κ2) is 11.7. The van der Waals surface area contributed by atoms with Crippen LogP contribution in [-0.4, -0.2) is 47.4 Å². The molecular weight excluding hydrogens is 468 g/mol. The number of carbonyl (C=O) groups is 1. The van der Waals surface area contributed by atoms with E-state index < -0.39 is 0 Å². The van der Waals surface area contributed by atoms with Crippen LogP contribution < -0.4 is 14.9 Å². The Hall–Kier alpha value is -2.76. The second-order valence-corrected chi connectivity index (χ2v) is 9.89. The van der Waals surface area contributed by atoms with E-state index in [1.54, 1.807) is 23.9 Å². The van der Waals surface area contributed by atoms with Crippen molar-refractivity contribution in [2.75, 3.05) is 20.0 Å². The summed E-state index contributed by atoms with van der Waals surface area (Å²) in [5.74, 6) is 1.12. The zero-order chi connectivity index (χ0) is 22.9. The SMILES string of the molecule is COc1cc(C=NNC(=O)CSc2nnc(SCc3ccc(C)cc3)s2)cc(OC)c1O. The van der Waals surface area contributed by atoms with Crippen molar-refractivity contribution in [1.82, 2.24) is 15.6 Å². The average molecular weight is 491 g/mol. The molecule has 0 aliphatic carbocycles. The lowest BCUT2D eigenvalue weighted by Crippen LogP contribution is -2.19. The normalized spacial score (nSPS) is 11.0. The smallest absolute Gasteiger partial charge is 0.250 e. The fourth-order valence-electron chi connectivity index (χ4n) is 2.47. The van der Waals surface area contributed by atoms with Gasteiger partial charge in [-0.3, -0.25) is 4.79 Å². The molecule has 1 heterocycles. The van der Waals surface area contributed by atoms with Crippen LogP contribution >= 0.6 is 34.9 Å². The van der Waals surface area contributed by atoms with Crippen molar-refractivity contribution < 1.29 is 19.4 Å². The summed E-state index contributed by atoms with van der Waals surface area (Å²) in [4.78, 5) is 12.1. The van der Waals surface area contributed by atoms with Gasteiger partial charge in [0, 0.05) is 11.3 Å². The quantitative estimate of drug-likeness (QED) is 0.249. The molecule has 32 heavy (non-hydrogen) atoms. The number of methoxy groups -OCH3 is 2. The van der Waals surface area contributed by atoms with Gasteiger partial charge < -0.3 is 14.6 Å². The summed E-state index contributed by atoms with van der Waals surface area (Å²) in [7, 11) is 2.88. The fraction of sp³-hybridized carbons (Fsp3) is 0.238. The van der Waals surface area contributed by atoms with Crippen LogP contribution in [0.2, 0.25) is 0 Å². The number of ether oxygens (including phenoxy) is 2. The van der Waals surface area contributed by atoms with E-state index in [0.717, 1.165) is 14.4 Å². The Kier molecular flexibility index (Phi) is 8.77. The van der Waals surface area contributed by atoms with Crippen LogP contribution in [0.5, 0.6) is 17.2 Å². The number of hydrogen-bond donors (Lipinski definition) is 2. The Morgan fingerprint density at radius 2 is 1.75 bits per heavy atom. The molecule has 0 spiro atoms. The highest BCUT2D eigenvalue weighted by atomic mass is 32.2. The topological polar surface area (TPSA) is 106 Å². The highest BCUT2D eigenvalue weighted by Crippen LogP contribution is 2.36. The summed E-state index contributed by atoms with van der Waals surface area (Å²) >= 11 is 4.39. The molecule has 11 heteroatoms. The largest absolute Gasteiger partial charge is 0.502 e. The number of phenolic OH excluding ortho intramolecular Hbond substituents is 1. The number of aryl methyl sites for hydroxylation is 1. The summed E-state index contributed by atoms with van der Waals surface area (Å²) in [6.07, 6.45) is 1.44. The van der Waals surface area contributed by atoms with E-state index >= 15 is 0 Å². The van der Waals surface area contributed by atoms with E-state index in [1.807, 2.05) is 0 Å². The molecular formula is C21H22N4O4S3. The van der Waals surface area contributed by atoms with E-state index in [0.29, 0.717) is 5.56 Å². The van der Waals surface area contributed by atoms with Crippen molar-refractivity contribution in [1.29, 1.82) is 0 Å². The predicted molar refractivity (Wildman–Crippen MR) is 128 cm³/mol. The minimum atomic E-state index is -0.270. The van der Waals surface area contributed by atoms with Crippen LogP contribution in [0, 0.1) is 6.92 Å². The van der Waals surface area contributed by atoms with Gasteiger partial charge >= 0.3 is 0 Å². The standard InChI is InChI=1S/C21H22N4O4S3/c1-13-4-6-14(7-5-13)11-30-20-24-25-21(32-20)31-12-18(26)23-22-10-15-8-16(28-2)19(27)17(9-15)29-3/h4-10,27H,11-12H2,1-3H3,(H,23,26). The van der Waals surface area contributed by atoms with Gasteiger partial charge in [-0.1, -0.05) is 64.7 Å². The number of hydrazone groups is 1. The van der Waals surface area contributed by atoms with Crippen LogP contribution in [0.3, 0.4) is 0 Å². The van der Waals surface area contributed by atoms with Gasteiger partial charge in [0.15, 0.2) is 20.2 Å². The van der Waals surface area contributed by atoms with Gasteiger partial charge in [0.25, 0.3) is 5.91 Å². The monoisotopic (exact) mass is 490 g/mol. The molecule has 0 aliphatic heterocycles. The number of rotatable bonds is 10. The average Bonchev–Trinajstić information content (AvgIpc) is 3.26. The molecule has 0 fully saturated rings. The third-order valence-corrected chi connectivity index (χ3v) is 7.36.